The Morgan fingerprint density at radius 1 is 1.60 bits per heavy atom. The second kappa shape index (κ2) is 5.39. The lowest BCUT2D eigenvalue weighted by molar-refractivity contribution is -0.117. The van der Waals surface area contributed by atoms with Crippen LogP contribution >= 0.6 is 23.4 Å². The van der Waals surface area contributed by atoms with Gasteiger partial charge in [-0.1, -0.05) is 11.6 Å². The first-order chi connectivity index (χ1) is 7.04. The second-order valence-corrected chi connectivity index (χ2v) is 4.38. The molecule has 0 bridgehead atoms. The van der Waals surface area contributed by atoms with Crippen molar-refractivity contribution < 1.29 is 4.79 Å². The molecule has 0 heterocycles. The summed E-state index contributed by atoms with van der Waals surface area (Å²) in [5, 5.41) is 3.31. The van der Waals surface area contributed by atoms with Crippen LogP contribution in [0.4, 0.5) is 5.69 Å². The number of anilines is 1. The summed E-state index contributed by atoms with van der Waals surface area (Å²) >= 11 is 7.55. The van der Waals surface area contributed by atoms with Gasteiger partial charge in [0.2, 0.25) is 5.91 Å². The first-order valence-corrected chi connectivity index (χ1v) is 6.05. The topological polar surface area (TPSA) is 55.1 Å². The quantitative estimate of drug-likeness (QED) is 0.803. The lowest BCUT2D eigenvalue weighted by Gasteiger charge is -2.09. The van der Waals surface area contributed by atoms with Crippen molar-refractivity contribution in [1.82, 2.24) is 0 Å². The van der Waals surface area contributed by atoms with Crippen LogP contribution in [0, 0.1) is 0 Å². The Hall–Kier alpha value is -0.710. The van der Waals surface area contributed by atoms with Crippen molar-refractivity contribution >= 4 is 35.0 Å². The van der Waals surface area contributed by atoms with E-state index >= 15 is 0 Å². The predicted molar refractivity (Wildman–Crippen MR) is 65.5 cm³/mol. The third-order valence-electron chi connectivity index (χ3n) is 1.83. The third kappa shape index (κ3) is 3.41. The van der Waals surface area contributed by atoms with E-state index in [0.717, 1.165) is 4.90 Å². The summed E-state index contributed by atoms with van der Waals surface area (Å²) in [6.45, 7) is 1.63. The smallest absolute Gasteiger partial charge is 0.240 e. The number of hydrogen-bond donors (Lipinski definition) is 2. The maximum atomic E-state index is 11.3. The lowest BCUT2D eigenvalue weighted by atomic mass is 10.3. The Balaban J connectivity index is 2.80. The highest BCUT2D eigenvalue weighted by Gasteiger charge is 2.08. The van der Waals surface area contributed by atoms with Gasteiger partial charge in [-0.15, -0.1) is 11.8 Å². The summed E-state index contributed by atoms with van der Waals surface area (Å²) in [5.74, 6) is -0.219. The van der Waals surface area contributed by atoms with Gasteiger partial charge in [0.15, 0.2) is 0 Å². The van der Waals surface area contributed by atoms with E-state index in [1.807, 2.05) is 12.3 Å². The standard InChI is InChI=1S/C10H13ClN2OS/c1-6(12)10(14)13-7-3-4-9(15-2)8(11)5-7/h3-6H,12H2,1-2H3,(H,13,14). The number of thioether (sulfide) groups is 1. The lowest BCUT2D eigenvalue weighted by Crippen LogP contribution is -2.32. The van der Waals surface area contributed by atoms with E-state index in [-0.39, 0.29) is 5.91 Å². The van der Waals surface area contributed by atoms with Gasteiger partial charge in [0, 0.05) is 10.6 Å². The molecule has 0 aliphatic carbocycles. The molecule has 3 nitrogen and oxygen atoms in total. The zero-order chi connectivity index (χ0) is 11.4. The van der Waals surface area contributed by atoms with Gasteiger partial charge in [-0.3, -0.25) is 4.79 Å². The maximum Gasteiger partial charge on any atom is 0.240 e. The molecule has 1 atom stereocenters. The van der Waals surface area contributed by atoms with Gasteiger partial charge in [-0.25, -0.2) is 0 Å². The zero-order valence-electron chi connectivity index (χ0n) is 8.58. The van der Waals surface area contributed by atoms with Crippen LogP contribution in [0.25, 0.3) is 0 Å². The molecule has 0 radical (unpaired) electrons. The van der Waals surface area contributed by atoms with E-state index in [1.54, 1.807) is 30.8 Å². The van der Waals surface area contributed by atoms with Crippen LogP contribution in [0.3, 0.4) is 0 Å². The van der Waals surface area contributed by atoms with E-state index in [1.165, 1.54) is 0 Å². The molecular formula is C10H13ClN2OS. The fraction of sp³-hybridized carbons (Fsp3) is 0.300. The third-order valence-corrected chi connectivity index (χ3v) is 3.05. The van der Waals surface area contributed by atoms with Crippen LogP contribution in [0.15, 0.2) is 23.1 Å². The van der Waals surface area contributed by atoms with E-state index in [4.69, 9.17) is 17.3 Å². The molecule has 3 N–H and O–H groups in total. The highest BCUT2D eigenvalue weighted by Crippen LogP contribution is 2.27. The number of rotatable bonds is 3. The number of nitrogens with two attached hydrogens (primary N) is 1. The molecular weight excluding hydrogens is 232 g/mol. The Labute approximate surface area is 98.4 Å². The van der Waals surface area contributed by atoms with Crippen LogP contribution in [0.1, 0.15) is 6.92 Å². The van der Waals surface area contributed by atoms with Crippen LogP contribution in [-0.2, 0) is 4.79 Å². The molecule has 5 heteroatoms. The minimum Gasteiger partial charge on any atom is -0.325 e. The summed E-state index contributed by atoms with van der Waals surface area (Å²) in [7, 11) is 0. The zero-order valence-corrected chi connectivity index (χ0v) is 10.2. The Morgan fingerprint density at radius 3 is 2.73 bits per heavy atom. The molecule has 0 fully saturated rings. The van der Waals surface area contributed by atoms with Crippen molar-refractivity contribution in [2.24, 2.45) is 5.73 Å². The number of carbonyl (C=O) groups excluding carboxylic acids is 1. The summed E-state index contributed by atoms with van der Waals surface area (Å²) in [6, 6.07) is 4.86. The molecule has 0 aromatic heterocycles. The molecule has 1 rings (SSSR count). The SMILES string of the molecule is CSc1ccc(NC(=O)C(C)N)cc1Cl. The monoisotopic (exact) mass is 244 g/mol. The molecule has 1 aromatic rings. The summed E-state index contributed by atoms with van der Waals surface area (Å²) < 4.78 is 0. The van der Waals surface area contributed by atoms with Crippen molar-refractivity contribution in [3.63, 3.8) is 0 Å². The van der Waals surface area contributed by atoms with Gasteiger partial charge < -0.3 is 11.1 Å². The van der Waals surface area contributed by atoms with Crippen LogP contribution in [-0.4, -0.2) is 18.2 Å². The molecule has 0 spiro atoms. The number of amides is 1. The number of halogens is 1. The average Bonchev–Trinajstić information content (AvgIpc) is 2.18. The van der Waals surface area contributed by atoms with Gasteiger partial charge in [0.05, 0.1) is 11.1 Å². The Morgan fingerprint density at radius 2 is 2.27 bits per heavy atom. The van der Waals surface area contributed by atoms with Crippen molar-refractivity contribution in [3.05, 3.63) is 23.2 Å². The van der Waals surface area contributed by atoms with Gasteiger partial charge in [-0.05, 0) is 31.4 Å². The summed E-state index contributed by atoms with van der Waals surface area (Å²) in [5.41, 5.74) is 6.10. The number of carbonyl (C=O) groups is 1. The summed E-state index contributed by atoms with van der Waals surface area (Å²) in [6.07, 6.45) is 1.95. The van der Waals surface area contributed by atoms with Gasteiger partial charge in [0.1, 0.15) is 0 Å². The van der Waals surface area contributed by atoms with E-state index in [2.05, 4.69) is 5.32 Å². The first-order valence-electron chi connectivity index (χ1n) is 4.44. The molecule has 1 amide bonds. The predicted octanol–water partition coefficient (Wildman–Crippen LogP) is 2.35. The number of nitrogens with one attached hydrogen (secondary N) is 1. The van der Waals surface area contributed by atoms with Gasteiger partial charge >= 0.3 is 0 Å². The van der Waals surface area contributed by atoms with Crippen molar-refractivity contribution in [1.29, 1.82) is 0 Å². The number of hydrogen-bond acceptors (Lipinski definition) is 3. The van der Waals surface area contributed by atoms with Crippen LogP contribution in [0.5, 0.6) is 0 Å². The van der Waals surface area contributed by atoms with Crippen LogP contribution in [0.2, 0.25) is 5.02 Å². The largest absolute Gasteiger partial charge is 0.325 e. The minimum atomic E-state index is -0.524. The van der Waals surface area contributed by atoms with Crippen molar-refractivity contribution in [2.45, 2.75) is 17.9 Å². The van der Waals surface area contributed by atoms with Gasteiger partial charge in [0.25, 0.3) is 0 Å². The molecule has 1 aromatic carbocycles. The Kier molecular flexibility index (Phi) is 4.45. The molecule has 82 valence electrons. The van der Waals surface area contributed by atoms with Crippen LogP contribution < -0.4 is 11.1 Å². The minimum absolute atomic E-state index is 0.219. The fourth-order valence-electron chi connectivity index (χ4n) is 1.00. The molecule has 0 saturated carbocycles. The Bertz CT molecular complexity index is 368. The van der Waals surface area contributed by atoms with Crippen molar-refractivity contribution in [3.8, 4) is 0 Å². The van der Waals surface area contributed by atoms with Crippen molar-refractivity contribution in [2.75, 3.05) is 11.6 Å². The van der Waals surface area contributed by atoms with E-state index in [9.17, 15) is 4.79 Å². The molecule has 0 saturated heterocycles. The highest BCUT2D eigenvalue weighted by molar-refractivity contribution is 7.98. The fourth-order valence-corrected chi connectivity index (χ4v) is 1.87. The van der Waals surface area contributed by atoms with E-state index < -0.39 is 6.04 Å². The molecule has 15 heavy (non-hydrogen) atoms. The van der Waals surface area contributed by atoms with E-state index in [0.29, 0.717) is 10.7 Å². The van der Waals surface area contributed by atoms with Gasteiger partial charge in [-0.2, -0.15) is 0 Å². The summed E-state index contributed by atoms with van der Waals surface area (Å²) in [4.78, 5) is 12.3. The molecule has 1 unspecified atom stereocenters. The first kappa shape index (κ1) is 12.4. The highest BCUT2D eigenvalue weighted by atomic mass is 35.5. The molecule has 0 aliphatic rings. The average molecular weight is 245 g/mol. The maximum absolute atomic E-state index is 11.3. The second-order valence-electron chi connectivity index (χ2n) is 3.13. The normalized spacial score (nSPS) is 12.3. The number of benzene rings is 1. The molecule has 0 aliphatic heterocycles.